The lowest BCUT2D eigenvalue weighted by atomic mass is 10.1. The Balaban J connectivity index is 1.71. The number of nitrogens with zero attached hydrogens (tertiary/aromatic N) is 3. The highest BCUT2D eigenvalue weighted by molar-refractivity contribution is 6.32. The predicted molar refractivity (Wildman–Crippen MR) is 106 cm³/mol. The maximum absolute atomic E-state index is 12.9. The van der Waals surface area contributed by atoms with Crippen molar-refractivity contribution >= 4 is 23.4 Å². The summed E-state index contributed by atoms with van der Waals surface area (Å²) < 4.78 is 2.08. The lowest BCUT2D eigenvalue weighted by molar-refractivity contribution is -0.114. The fraction of sp³-hybridized carbons (Fsp3) is 0.0909. The van der Waals surface area contributed by atoms with E-state index in [1.54, 1.807) is 0 Å². The van der Waals surface area contributed by atoms with Gasteiger partial charge in [-0.1, -0.05) is 30.3 Å². The molecular formula is C22H19N3O. The maximum Gasteiger partial charge on any atom is 0.280 e. The second kappa shape index (κ2) is 6.48. The molecule has 0 unspecified atom stereocenters. The van der Waals surface area contributed by atoms with Crippen LogP contribution >= 0.6 is 0 Å². The van der Waals surface area contributed by atoms with Crippen molar-refractivity contribution < 1.29 is 4.79 Å². The third-order valence-corrected chi connectivity index (χ3v) is 4.42. The number of benzene rings is 2. The summed E-state index contributed by atoms with van der Waals surface area (Å²) in [6.45, 7) is 3.94. The van der Waals surface area contributed by atoms with Gasteiger partial charge >= 0.3 is 0 Å². The van der Waals surface area contributed by atoms with E-state index in [1.807, 2.05) is 67.7 Å². The average molecular weight is 341 g/mol. The van der Waals surface area contributed by atoms with Crippen LogP contribution in [0, 0.1) is 6.92 Å². The van der Waals surface area contributed by atoms with Gasteiger partial charge in [-0.15, -0.1) is 0 Å². The summed E-state index contributed by atoms with van der Waals surface area (Å²) in [5, 5.41) is 5.90. The van der Waals surface area contributed by atoms with E-state index in [-0.39, 0.29) is 5.91 Å². The number of hydrogen-bond acceptors (Lipinski definition) is 2. The van der Waals surface area contributed by atoms with Gasteiger partial charge in [0.2, 0.25) is 0 Å². The zero-order valence-electron chi connectivity index (χ0n) is 14.8. The minimum Gasteiger partial charge on any atom is -0.317 e. The number of hydrogen-bond donors (Lipinski definition) is 0. The highest BCUT2D eigenvalue weighted by Gasteiger charge is 2.28. The molecule has 4 nitrogen and oxygen atoms in total. The number of carbonyl (C=O) groups is 1. The Morgan fingerprint density at radius 2 is 1.65 bits per heavy atom. The highest BCUT2D eigenvalue weighted by Crippen LogP contribution is 2.25. The van der Waals surface area contributed by atoms with Gasteiger partial charge in [0.15, 0.2) is 0 Å². The Labute approximate surface area is 152 Å². The van der Waals surface area contributed by atoms with Crippen molar-refractivity contribution in [3.8, 4) is 5.69 Å². The number of amides is 1. The van der Waals surface area contributed by atoms with E-state index in [0.29, 0.717) is 5.57 Å². The Hall–Kier alpha value is -3.40. The van der Waals surface area contributed by atoms with E-state index < -0.39 is 0 Å². The minimum atomic E-state index is -0.106. The first-order valence-corrected chi connectivity index (χ1v) is 8.55. The fourth-order valence-electron chi connectivity index (χ4n) is 3.10. The van der Waals surface area contributed by atoms with E-state index in [0.717, 1.165) is 22.8 Å². The van der Waals surface area contributed by atoms with Gasteiger partial charge in [-0.25, -0.2) is 0 Å². The monoisotopic (exact) mass is 341 g/mol. The van der Waals surface area contributed by atoms with Gasteiger partial charge in [0.25, 0.3) is 5.91 Å². The summed E-state index contributed by atoms with van der Waals surface area (Å²) in [6, 6.07) is 21.8. The quantitative estimate of drug-likeness (QED) is 0.642. The van der Waals surface area contributed by atoms with Gasteiger partial charge in [0.1, 0.15) is 0 Å². The second-order valence-electron chi connectivity index (χ2n) is 6.34. The van der Waals surface area contributed by atoms with Crippen LogP contribution in [0.2, 0.25) is 0 Å². The van der Waals surface area contributed by atoms with E-state index in [4.69, 9.17) is 0 Å². The van der Waals surface area contributed by atoms with E-state index in [1.165, 1.54) is 10.6 Å². The number of para-hydroxylation sites is 1. The molecule has 0 bridgehead atoms. The zero-order valence-corrected chi connectivity index (χ0v) is 14.8. The number of anilines is 1. The third-order valence-electron chi connectivity index (χ3n) is 4.42. The topological polar surface area (TPSA) is 37.6 Å². The van der Waals surface area contributed by atoms with Crippen LogP contribution in [0.5, 0.6) is 0 Å². The summed E-state index contributed by atoms with van der Waals surface area (Å²) in [4.78, 5) is 12.9. The number of rotatable bonds is 3. The first-order chi connectivity index (χ1) is 12.6. The third kappa shape index (κ3) is 2.86. The van der Waals surface area contributed by atoms with Crippen LogP contribution in [0.3, 0.4) is 0 Å². The Morgan fingerprint density at radius 1 is 0.885 bits per heavy atom. The van der Waals surface area contributed by atoms with Gasteiger partial charge in [0, 0.05) is 17.6 Å². The summed E-state index contributed by atoms with van der Waals surface area (Å²) in [5.41, 5.74) is 5.32. The SMILES string of the molecule is CC1=NN(c2ccccc2)C(=O)/C1=C\c1cccn1-c1cccc(C)c1. The lowest BCUT2D eigenvalue weighted by Crippen LogP contribution is -2.21. The number of aromatic nitrogens is 1. The highest BCUT2D eigenvalue weighted by atomic mass is 16.2. The van der Waals surface area contributed by atoms with Crippen molar-refractivity contribution in [2.24, 2.45) is 5.10 Å². The van der Waals surface area contributed by atoms with E-state index >= 15 is 0 Å². The number of aryl methyl sites for hydroxylation is 1. The Kier molecular flexibility index (Phi) is 4.01. The lowest BCUT2D eigenvalue weighted by Gasteiger charge is -2.11. The molecule has 0 spiro atoms. The molecule has 4 rings (SSSR count). The van der Waals surface area contributed by atoms with E-state index in [9.17, 15) is 4.79 Å². The smallest absolute Gasteiger partial charge is 0.280 e. The van der Waals surface area contributed by atoms with Gasteiger partial charge < -0.3 is 4.57 Å². The van der Waals surface area contributed by atoms with Gasteiger partial charge in [-0.05, 0) is 61.9 Å². The van der Waals surface area contributed by atoms with Gasteiger partial charge in [-0.3, -0.25) is 4.79 Å². The van der Waals surface area contributed by atoms with Gasteiger partial charge in [-0.2, -0.15) is 10.1 Å². The molecule has 1 aromatic heterocycles. The van der Waals surface area contributed by atoms with Crippen LogP contribution in [0.4, 0.5) is 5.69 Å². The van der Waals surface area contributed by atoms with Crippen LogP contribution in [0.1, 0.15) is 18.2 Å². The molecular weight excluding hydrogens is 322 g/mol. The van der Waals surface area contributed by atoms with Crippen molar-refractivity contribution in [2.75, 3.05) is 5.01 Å². The van der Waals surface area contributed by atoms with Crippen molar-refractivity contribution in [3.05, 3.63) is 89.8 Å². The van der Waals surface area contributed by atoms with Crippen LogP contribution in [-0.2, 0) is 4.79 Å². The Bertz CT molecular complexity index is 1030. The molecule has 2 aromatic carbocycles. The largest absolute Gasteiger partial charge is 0.317 e. The summed E-state index contributed by atoms with van der Waals surface area (Å²) in [7, 11) is 0. The first-order valence-electron chi connectivity index (χ1n) is 8.55. The molecule has 4 heteroatoms. The molecule has 1 aliphatic heterocycles. The first kappa shape index (κ1) is 16.1. The molecule has 0 saturated carbocycles. The van der Waals surface area contributed by atoms with Crippen molar-refractivity contribution in [1.82, 2.24) is 4.57 Å². The molecule has 0 N–H and O–H groups in total. The van der Waals surface area contributed by atoms with E-state index in [2.05, 4.69) is 34.8 Å². The van der Waals surface area contributed by atoms with Gasteiger partial charge in [0.05, 0.1) is 17.0 Å². The molecule has 2 heterocycles. The van der Waals surface area contributed by atoms with Crippen LogP contribution in [0.25, 0.3) is 11.8 Å². The molecule has 0 radical (unpaired) electrons. The van der Waals surface area contributed by atoms with Crippen LogP contribution in [-0.4, -0.2) is 16.2 Å². The maximum atomic E-state index is 12.9. The van der Waals surface area contributed by atoms with Crippen LogP contribution < -0.4 is 5.01 Å². The Morgan fingerprint density at radius 3 is 2.42 bits per heavy atom. The second-order valence-corrected chi connectivity index (χ2v) is 6.34. The minimum absolute atomic E-state index is 0.106. The number of carbonyl (C=O) groups excluding carboxylic acids is 1. The molecule has 0 saturated heterocycles. The average Bonchev–Trinajstić information content (AvgIpc) is 3.22. The predicted octanol–water partition coefficient (Wildman–Crippen LogP) is 4.59. The molecule has 26 heavy (non-hydrogen) atoms. The summed E-state index contributed by atoms with van der Waals surface area (Å²) >= 11 is 0. The number of hydrazone groups is 1. The normalized spacial score (nSPS) is 15.6. The summed E-state index contributed by atoms with van der Waals surface area (Å²) in [6.07, 6.45) is 3.91. The zero-order chi connectivity index (χ0) is 18.1. The molecule has 1 amide bonds. The van der Waals surface area contributed by atoms with Crippen molar-refractivity contribution in [1.29, 1.82) is 0 Å². The summed E-state index contributed by atoms with van der Waals surface area (Å²) in [5.74, 6) is -0.106. The fourth-order valence-corrected chi connectivity index (χ4v) is 3.10. The van der Waals surface area contributed by atoms with Crippen molar-refractivity contribution in [2.45, 2.75) is 13.8 Å². The molecule has 1 aliphatic rings. The molecule has 0 fully saturated rings. The molecule has 0 atom stereocenters. The molecule has 3 aromatic rings. The molecule has 128 valence electrons. The van der Waals surface area contributed by atoms with Crippen molar-refractivity contribution in [3.63, 3.8) is 0 Å². The van der Waals surface area contributed by atoms with Crippen LogP contribution in [0.15, 0.2) is 83.6 Å². The molecule has 0 aliphatic carbocycles. The standard InChI is InChI=1S/C22H19N3O/c1-16-8-6-11-19(14-16)24-13-7-12-20(24)15-21-17(2)23-25(22(21)26)18-9-4-3-5-10-18/h3-15H,1-2H3/b21-15-.